The minimum atomic E-state index is -1.69. The van der Waals surface area contributed by atoms with Crippen molar-refractivity contribution in [3.8, 4) is 11.8 Å². The summed E-state index contributed by atoms with van der Waals surface area (Å²) in [5, 5.41) is -0.651. The van der Waals surface area contributed by atoms with Crippen LogP contribution in [0.15, 0.2) is 36.4 Å². The third-order valence-corrected chi connectivity index (χ3v) is 6.75. The van der Waals surface area contributed by atoms with E-state index in [0.29, 0.717) is 0 Å². The SMILES string of the molecule is CCCCCc1ccc(C2CCC(C#Cc3cc(F)c4c(F)c(F)c(F)cc4c3)CC2)c(F)c1. The number of halogens is 5. The van der Waals surface area contributed by atoms with Crippen LogP contribution in [0.1, 0.15) is 74.5 Å². The largest absolute Gasteiger partial charge is 0.207 e. The van der Waals surface area contributed by atoms with Crippen LogP contribution in [0.4, 0.5) is 22.0 Å². The van der Waals surface area contributed by atoms with Crippen molar-refractivity contribution in [1.29, 1.82) is 0 Å². The minimum absolute atomic E-state index is 0.0713. The van der Waals surface area contributed by atoms with Crippen molar-refractivity contribution in [2.24, 2.45) is 5.92 Å². The van der Waals surface area contributed by atoms with Gasteiger partial charge in [-0.2, -0.15) is 0 Å². The fraction of sp³-hybridized carbons (Fsp3) is 0.379. The average molecular weight is 471 g/mol. The molecule has 1 saturated carbocycles. The number of fused-ring (bicyclic) bond motifs is 1. The molecule has 0 nitrogen and oxygen atoms in total. The lowest BCUT2D eigenvalue weighted by molar-refractivity contribution is 0.376. The molecule has 4 rings (SSSR count). The summed E-state index contributed by atoms with van der Waals surface area (Å²) < 4.78 is 69.9. The van der Waals surface area contributed by atoms with Gasteiger partial charge in [0.2, 0.25) is 0 Å². The molecule has 3 aromatic carbocycles. The maximum atomic E-state index is 14.7. The van der Waals surface area contributed by atoms with Gasteiger partial charge in [-0.15, -0.1) is 0 Å². The maximum Gasteiger partial charge on any atom is 0.195 e. The molecule has 0 aliphatic heterocycles. The van der Waals surface area contributed by atoms with E-state index in [1.807, 2.05) is 12.1 Å². The highest BCUT2D eigenvalue weighted by atomic mass is 19.2. The average Bonchev–Trinajstić information content (AvgIpc) is 2.82. The lowest BCUT2D eigenvalue weighted by atomic mass is 9.78. The molecule has 0 radical (unpaired) electrons. The first-order valence-corrected chi connectivity index (χ1v) is 11.9. The van der Waals surface area contributed by atoms with Crippen molar-refractivity contribution in [1.82, 2.24) is 0 Å². The van der Waals surface area contributed by atoms with Gasteiger partial charge in [0.15, 0.2) is 17.5 Å². The fourth-order valence-electron chi connectivity index (χ4n) is 4.83. The van der Waals surface area contributed by atoms with Crippen molar-refractivity contribution in [3.05, 3.63) is 82.2 Å². The normalized spacial score (nSPS) is 18.1. The van der Waals surface area contributed by atoms with Crippen molar-refractivity contribution in [2.75, 3.05) is 0 Å². The monoisotopic (exact) mass is 470 g/mol. The van der Waals surface area contributed by atoms with E-state index in [-0.39, 0.29) is 28.6 Å². The first-order valence-electron chi connectivity index (χ1n) is 11.9. The lowest BCUT2D eigenvalue weighted by Gasteiger charge is -2.26. The van der Waals surface area contributed by atoms with Crippen LogP contribution in [-0.4, -0.2) is 0 Å². The molecule has 0 unspecified atom stereocenters. The molecule has 3 aromatic rings. The molecule has 34 heavy (non-hydrogen) atoms. The van der Waals surface area contributed by atoms with Gasteiger partial charge in [-0.25, -0.2) is 22.0 Å². The highest BCUT2D eigenvalue weighted by Gasteiger charge is 2.24. The summed E-state index contributed by atoms with van der Waals surface area (Å²) in [6.45, 7) is 2.15. The number of unbranched alkanes of at least 4 members (excludes halogenated alkanes) is 2. The topological polar surface area (TPSA) is 0 Å². The van der Waals surface area contributed by atoms with Gasteiger partial charge in [-0.3, -0.25) is 0 Å². The molecular formula is C29H27F5. The molecule has 0 N–H and O–H groups in total. The van der Waals surface area contributed by atoms with Crippen molar-refractivity contribution in [2.45, 2.75) is 64.2 Å². The summed E-state index contributed by atoms with van der Waals surface area (Å²) in [5.41, 5.74) is 2.08. The second kappa shape index (κ2) is 10.6. The number of benzene rings is 3. The van der Waals surface area contributed by atoms with E-state index in [9.17, 15) is 22.0 Å². The molecule has 0 bridgehead atoms. The first kappa shape index (κ1) is 24.3. The van der Waals surface area contributed by atoms with Crippen LogP contribution in [0.2, 0.25) is 0 Å². The van der Waals surface area contributed by atoms with Gasteiger partial charge in [0.1, 0.15) is 11.6 Å². The molecule has 0 saturated heterocycles. The predicted octanol–water partition coefficient (Wildman–Crippen LogP) is 8.59. The van der Waals surface area contributed by atoms with E-state index in [1.165, 1.54) is 6.07 Å². The van der Waals surface area contributed by atoms with Gasteiger partial charge in [0, 0.05) is 11.5 Å². The Kier molecular flexibility index (Phi) is 7.56. The molecule has 178 valence electrons. The minimum Gasteiger partial charge on any atom is -0.207 e. The predicted molar refractivity (Wildman–Crippen MR) is 125 cm³/mol. The van der Waals surface area contributed by atoms with E-state index in [2.05, 4.69) is 18.8 Å². The Bertz CT molecular complexity index is 1240. The van der Waals surface area contributed by atoms with Crippen molar-refractivity contribution >= 4 is 10.8 Å². The van der Waals surface area contributed by atoms with Gasteiger partial charge in [-0.05, 0) is 85.2 Å². The van der Waals surface area contributed by atoms with Gasteiger partial charge < -0.3 is 0 Å². The number of hydrogen-bond acceptors (Lipinski definition) is 0. The number of aryl methyl sites for hydroxylation is 1. The molecule has 1 aliphatic rings. The Hall–Kier alpha value is -2.87. The van der Waals surface area contributed by atoms with E-state index < -0.39 is 28.7 Å². The molecule has 0 atom stereocenters. The van der Waals surface area contributed by atoms with Crippen LogP contribution < -0.4 is 0 Å². The molecule has 0 spiro atoms. The van der Waals surface area contributed by atoms with Crippen LogP contribution in [-0.2, 0) is 6.42 Å². The molecule has 5 heteroatoms. The molecule has 1 aliphatic carbocycles. The van der Waals surface area contributed by atoms with Gasteiger partial charge in [-0.1, -0.05) is 43.7 Å². The summed E-state index contributed by atoms with van der Waals surface area (Å²) in [7, 11) is 0. The summed E-state index contributed by atoms with van der Waals surface area (Å²) in [6.07, 6.45) is 7.46. The quantitative estimate of drug-likeness (QED) is 0.152. The third-order valence-electron chi connectivity index (χ3n) is 6.75. The summed E-state index contributed by atoms with van der Waals surface area (Å²) in [5.74, 6) is 0.548. The number of rotatable bonds is 5. The summed E-state index contributed by atoms with van der Waals surface area (Å²) in [6, 6.07) is 8.80. The zero-order chi connectivity index (χ0) is 24.2. The van der Waals surface area contributed by atoms with E-state index in [0.717, 1.165) is 74.6 Å². The lowest BCUT2D eigenvalue weighted by Crippen LogP contribution is -2.13. The Labute approximate surface area is 197 Å². The highest BCUT2D eigenvalue weighted by molar-refractivity contribution is 5.85. The Morgan fingerprint density at radius 1 is 0.794 bits per heavy atom. The van der Waals surface area contributed by atoms with Crippen LogP contribution in [0.3, 0.4) is 0 Å². The second-order valence-electron chi connectivity index (χ2n) is 9.17. The fourth-order valence-corrected chi connectivity index (χ4v) is 4.83. The van der Waals surface area contributed by atoms with Gasteiger partial charge in [0.25, 0.3) is 0 Å². The zero-order valence-corrected chi connectivity index (χ0v) is 19.2. The second-order valence-corrected chi connectivity index (χ2v) is 9.17. The van der Waals surface area contributed by atoms with E-state index in [4.69, 9.17) is 0 Å². The van der Waals surface area contributed by atoms with Crippen molar-refractivity contribution < 1.29 is 22.0 Å². The van der Waals surface area contributed by atoms with Gasteiger partial charge in [0.05, 0.1) is 5.39 Å². The standard InChI is InChI=1S/C29H27F5/c1-2-3-4-5-19-10-13-23(24(30)15-19)21-11-8-18(9-12-21)6-7-20-14-22-17-26(32)28(33)29(34)27(22)25(31)16-20/h10,13-18,21H,2-5,8-9,11-12H2,1H3. The highest BCUT2D eigenvalue weighted by Crippen LogP contribution is 2.37. The van der Waals surface area contributed by atoms with Crippen LogP contribution >= 0.6 is 0 Å². The van der Waals surface area contributed by atoms with Crippen LogP contribution in [0.25, 0.3) is 10.8 Å². The van der Waals surface area contributed by atoms with Crippen LogP contribution in [0.5, 0.6) is 0 Å². The Morgan fingerprint density at radius 2 is 1.56 bits per heavy atom. The Morgan fingerprint density at radius 3 is 2.26 bits per heavy atom. The molecule has 0 heterocycles. The van der Waals surface area contributed by atoms with Gasteiger partial charge >= 0.3 is 0 Å². The number of hydrogen-bond donors (Lipinski definition) is 0. The first-order chi connectivity index (χ1) is 16.4. The Balaban J connectivity index is 1.42. The zero-order valence-electron chi connectivity index (χ0n) is 19.2. The molecule has 0 aromatic heterocycles. The van der Waals surface area contributed by atoms with E-state index >= 15 is 0 Å². The molecule has 0 amide bonds. The third kappa shape index (κ3) is 5.27. The van der Waals surface area contributed by atoms with E-state index in [1.54, 1.807) is 6.07 Å². The van der Waals surface area contributed by atoms with Crippen molar-refractivity contribution in [3.63, 3.8) is 0 Å². The smallest absolute Gasteiger partial charge is 0.195 e. The molecular weight excluding hydrogens is 443 g/mol. The molecule has 1 fully saturated rings. The van der Waals surface area contributed by atoms with Crippen LogP contribution in [0, 0.1) is 46.8 Å². The maximum absolute atomic E-state index is 14.7. The summed E-state index contributed by atoms with van der Waals surface area (Å²) in [4.78, 5) is 0. The summed E-state index contributed by atoms with van der Waals surface area (Å²) >= 11 is 0.